The number of ether oxygens (including phenoxy) is 1. The molecule has 2 fully saturated rings. The van der Waals surface area contributed by atoms with Crippen molar-refractivity contribution in [1.29, 1.82) is 0 Å². The van der Waals surface area contributed by atoms with E-state index in [9.17, 15) is 4.79 Å². The van der Waals surface area contributed by atoms with Crippen molar-refractivity contribution in [3.63, 3.8) is 0 Å². The summed E-state index contributed by atoms with van der Waals surface area (Å²) < 4.78 is 5.72. The quantitative estimate of drug-likeness (QED) is 0.750. The number of nitrogens with zero attached hydrogens (tertiary/aromatic N) is 1. The Balaban J connectivity index is 1.95. The molecule has 2 heterocycles. The van der Waals surface area contributed by atoms with Crippen LogP contribution >= 0.6 is 0 Å². The number of piperidine rings is 1. The molecule has 2 rings (SSSR count). The molecule has 2 aliphatic heterocycles. The van der Waals surface area contributed by atoms with Crippen molar-refractivity contribution in [2.24, 2.45) is 5.92 Å². The fourth-order valence-electron chi connectivity index (χ4n) is 2.49. The molecule has 92 valence electrons. The Bertz CT molecular complexity index is 255. The molecule has 4 nitrogen and oxygen atoms in total. The van der Waals surface area contributed by atoms with E-state index in [0.29, 0.717) is 5.92 Å². The maximum atomic E-state index is 11.8. The van der Waals surface area contributed by atoms with Crippen LogP contribution in [-0.2, 0) is 9.53 Å². The van der Waals surface area contributed by atoms with Gasteiger partial charge in [0.05, 0.1) is 18.8 Å². The van der Waals surface area contributed by atoms with E-state index in [2.05, 4.69) is 24.1 Å². The monoisotopic (exact) mass is 226 g/mol. The number of hydrogen-bond acceptors (Lipinski definition) is 3. The van der Waals surface area contributed by atoms with Gasteiger partial charge in [-0.05, 0) is 18.8 Å². The third-order valence-corrected chi connectivity index (χ3v) is 3.57. The van der Waals surface area contributed by atoms with Crippen LogP contribution in [0.5, 0.6) is 0 Å². The van der Waals surface area contributed by atoms with Crippen molar-refractivity contribution in [2.75, 3.05) is 26.2 Å². The standard InChI is InChI=1S/C12H22N2O2/c1-9(2)11-8-14(6-7-16-11)10-4-3-5-13-12(10)15/h9-11H,3-8H2,1-2H3,(H,13,15). The van der Waals surface area contributed by atoms with Gasteiger partial charge in [0.25, 0.3) is 0 Å². The Morgan fingerprint density at radius 2 is 2.31 bits per heavy atom. The Hall–Kier alpha value is -0.610. The molecule has 0 aromatic heterocycles. The maximum Gasteiger partial charge on any atom is 0.237 e. The Morgan fingerprint density at radius 1 is 1.50 bits per heavy atom. The van der Waals surface area contributed by atoms with Crippen molar-refractivity contribution in [2.45, 2.75) is 38.8 Å². The predicted octanol–water partition coefficient (Wildman–Crippen LogP) is 0.622. The minimum absolute atomic E-state index is 0.0823. The molecule has 1 N–H and O–H groups in total. The molecular formula is C12H22N2O2. The van der Waals surface area contributed by atoms with Crippen LogP contribution in [0.1, 0.15) is 26.7 Å². The zero-order valence-electron chi connectivity index (χ0n) is 10.2. The van der Waals surface area contributed by atoms with Crippen LogP contribution in [0.3, 0.4) is 0 Å². The van der Waals surface area contributed by atoms with Crippen LogP contribution in [0.25, 0.3) is 0 Å². The second-order valence-corrected chi connectivity index (χ2v) is 5.10. The number of amides is 1. The summed E-state index contributed by atoms with van der Waals surface area (Å²) in [6.07, 6.45) is 2.38. The van der Waals surface area contributed by atoms with E-state index in [-0.39, 0.29) is 18.1 Å². The predicted molar refractivity (Wildman–Crippen MR) is 62.2 cm³/mol. The Labute approximate surface area is 97.3 Å². The maximum absolute atomic E-state index is 11.8. The summed E-state index contributed by atoms with van der Waals surface area (Å²) in [5, 5.41) is 2.95. The van der Waals surface area contributed by atoms with E-state index >= 15 is 0 Å². The first-order valence-corrected chi connectivity index (χ1v) is 6.32. The number of hydrogen-bond donors (Lipinski definition) is 1. The summed E-state index contributed by atoms with van der Waals surface area (Å²) in [6.45, 7) is 7.74. The number of nitrogens with one attached hydrogen (secondary N) is 1. The van der Waals surface area contributed by atoms with Gasteiger partial charge in [0.2, 0.25) is 5.91 Å². The minimum Gasteiger partial charge on any atom is -0.375 e. The molecule has 0 spiro atoms. The molecular weight excluding hydrogens is 204 g/mol. The highest BCUT2D eigenvalue weighted by Crippen LogP contribution is 2.19. The van der Waals surface area contributed by atoms with Crippen LogP contribution in [0, 0.1) is 5.92 Å². The molecule has 2 aliphatic rings. The van der Waals surface area contributed by atoms with E-state index in [1.165, 1.54) is 0 Å². The van der Waals surface area contributed by atoms with E-state index in [0.717, 1.165) is 39.1 Å². The van der Waals surface area contributed by atoms with Crippen LogP contribution in [0.15, 0.2) is 0 Å². The normalized spacial score (nSPS) is 32.8. The van der Waals surface area contributed by atoms with E-state index < -0.39 is 0 Å². The molecule has 0 bridgehead atoms. The lowest BCUT2D eigenvalue weighted by Crippen LogP contribution is -2.56. The van der Waals surface area contributed by atoms with Crippen molar-refractivity contribution in [1.82, 2.24) is 10.2 Å². The van der Waals surface area contributed by atoms with Gasteiger partial charge >= 0.3 is 0 Å². The van der Waals surface area contributed by atoms with Crippen molar-refractivity contribution < 1.29 is 9.53 Å². The van der Waals surface area contributed by atoms with Crippen LogP contribution in [0.4, 0.5) is 0 Å². The molecule has 1 amide bonds. The molecule has 0 aromatic carbocycles. The van der Waals surface area contributed by atoms with Gasteiger partial charge in [-0.2, -0.15) is 0 Å². The SMILES string of the molecule is CC(C)C1CN(C2CCCNC2=O)CCO1. The lowest BCUT2D eigenvalue weighted by molar-refractivity contribution is -0.133. The first-order valence-electron chi connectivity index (χ1n) is 6.32. The van der Waals surface area contributed by atoms with Crippen LogP contribution < -0.4 is 5.32 Å². The smallest absolute Gasteiger partial charge is 0.237 e. The van der Waals surface area contributed by atoms with Gasteiger partial charge in [0.15, 0.2) is 0 Å². The molecule has 2 saturated heterocycles. The number of rotatable bonds is 2. The van der Waals surface area contributed by atoms with Gasteiger partial charge in [-0.25, -0.2) is 0 Å². The summed E-state index contributed by atoms with van der Waals surface area (Å²) in [6, 6.07) is 0.0823. The summed E-state index contributed by atoms with van der Waals surface area (Å²) in [5.74, 6) is 0.727. The van der Waals surface area contributed by atoms with Crippen molar-refractivity contribution in [3.05, 3.63) is 0 Å². The molecule has 2 unspecified atom stereocenters. The highest BCUT2D eigenvalue weighted by Gasteiger charge is 2.32. The molecule has 0 aliphatic carbocycles. The summed E-state index contributed by atoms with van der Waals surface area (Å²) in [4.78, 5) is 14.1. The molecule has 16 heavy (non-hydrogen) atoms. The zero-order chi connectivity index (χ0) is 11.5. The lowest BCUT2D eigenvalue weighted by Gasteiger charge is -2.40. The number of carbonyl (C=O) groups is 1. The van der Waals surface area contributed by atoms with Gasteiger partial charge in [-0.3, -0.25) is 9.69 Å². The van der Waals surface area contributed by atoms with Gasteiger partial charge in [-0.1, -0.05) is 13.8 Å². The third-order valence-electron chi connectivity index (χ3n) is 3.57. The van der Waals surface area contributed by atoms with Crippen molar-refractivity contribution in [3.8, 4) is 0 Å². The second-order valence-electron chi connectivity index (χ2n) is 5.10. The van der Waals surface area contributed by atoms with Crippen molar-refractivity contribution >= 4 is 5.91 Å². The lowest BCUT2D eigenvalue weighted by atomic mass is 10.0. The minimum atomic E-state index is 0.0823. The van der Waals surface area contributed by atoms with Gasteiger partial charge in [-0.15, -0.1) is 0 Å². The summed E-state index contributed by atoms with van der Waals surface area (Å²) >= 11 is 0. The van der Waals surface area contributed by atoms with E-state index in [1.54, 1.807) is 0 Å². The average molecular weight is 226 g/mol. The highest BCUT2D eigenvalue weighted by atomic mass is 16.5. The molecule has 0 saturated carbocycles. The first kappa shape index (κ1) is 11.9. The highest BCUT2D eigenvalue weighted by molar-refractivity contribution is 5.82. The summed E-state index contributed by atoms with van der Waals surface area (Å²) in [5.41, 5.74) is 0. The van der Waals surface area contributed by atoms with E-state index in [4.69, 9.17) is 4.74 Å². The Kier molecular flexibility index (Phi) is 3.82. The number of morpholine rings is 1. The second kappa shape index (κ2) is 5.15. The first-order chi connectivity index (χ1) is 7.68. The largest absolute Gasteiger partial charge is 0.375 e. The molecule has 4 heteroatoms. The fourth-order valence-corrected chi connectivity index (χ4v) is 2.49. The molecule has 0 aromatic rings. The summed E-state index contributed by atoms with van der Waals surface area (Å²) in [7, 11) is 0. The number of carbonyl (C=O) groups excluding carboxylic acids is 1. The van der Waals surface area contributed by atoms with E-state index in [1.807, 2.05) is 0 Å². The van der Waals surface area contributed by atoms with Gasteiger partial charge < -0.3 is 10.1 Å². The molecule has 2 atom stereocenters. The zero-order valence-corrected chi connectivity index (χ0v) is 10.2. The fraction of sp³-hybridized carbons (Fsp3) is 0.917. The van der Waals surface area contributed by atoms with Gasteiger partial charge in [0.1, 0.15) is 0 Å². The van der Waals surface area contributed by atoms with Gasteiger partial charge in [0, 0.05) is 19.6 Å². The Morgan fingerprint density at radius 3 is 3.00 bits per heavy atom. The third kappa shape index (κ3) is 2.55. The topological polar surface area (TPSA) is 41.6 Å². The molecule has 0 radical (unpaired) electrons. The van der Waals surface area contributed by atoms with Crippen LogP contribution in [0.2, 0.25) is 0 Å². The van der Waals surface area contributed by atoms with Crippen LogP contribution in [-0.4, -0.2) is 49.2 Å². The average Bonchev–Trinajstić information content (AvgIpc) is 2.30.